The molecule has 34 heavy (non-hydrogen) atoms. The molecule has 2 aliphatic rings. The van der Waals surface area contributed by atoms with Crippen molar-refractivity contribution in [3.63, 3.8) is 0 Å². The maximum absolute atomic E-state index is 13.4. The standard InChI is InChI=1S/C26H27FN2O5/c1-16(23(30)28(2)15-17-7-6-8-19(27)13-17)34-26(33)18-11-12-21-22(14-18)25(32)29(24(21)31)20-9-4-3-5-10-20/h6-8,11-14,16,20H,3-5,9-10,15H2,1-2H3. The third-order valence-corrected chi connectivity index (χ3v) is 6.41. The Balaban J connectivity index is 1.42. The second kappa shape index (κ2) is 9.75. The van der Waals surface area contributed by atoms with E-state index in [1.54, 1.807) is 12.1 Å². The molecule has 178 valence electrons. The molecule has 2 aromatic rings. The van der Waals surface area contributed by atoms with Crippen LogP contribution in [-0.2, 0) is 16.1 Å². The first-order chi connectivity index (χ1) is 16.3. The summed E-state index contributed by atoms with van der Waals surface area (Å²) in [5, 5.41) is 0. The minimum absolute atomic E-state index is 0.0952. The number of hydrogen-bond donors (Lipinski definition) is 0. The number of rotatable bonds is 6. The van der Waals surface area contributed by atoms with Crippen LogP contribution in [0.25, 0.3) is 0 Å². The zero-order chi connectivity index (χ0) is 24.4. The molecule has 4 rings (SSSR count). The molecule has 0 spiro atoms. The van der Waals surface area contributed by atoms with Crippen molar-refractivity contribution in [1.29, 1.82) is 0 Å². The summed E-state index contributed by atoms with van der Waals surface area (Å²) >= 11 is 0. The van der Waals surface area contributed by atoms with Gasteiger partial charge in [-0.2, -0.15) is 0 Å². The number of carbonyl (C=O) groups excluding carboxylic acids is 4. The van der Waals surface area contributed by atoms with Crippen molar-refractivity contribution in [2.75, 3.05) is 7.05 Å². The van der Waals surface area contributed by atoms with Crippen molar-refractivity contribution < 1.29 is 28.3 Å². The summed E-state index contributed by atoms with van der Waals surface area (Å²) in [5.74, 6) is -2.33. The van der Waals surface area contributed by atoms with Crippen LogP contribution in [0.4, 0.5) is 4.39 Å². The number of hydrogen-bond acceptors (Lipinski definition) is 5. The molecule has 0 bridgehead atoms. The smallest absolute Gasteiger partial charge is 0.338 e. The minimum Gasteiger partial charge on any atom is -0.449 e. The summed E-state index contributed by atoms with van der Waals surface area (Å²) in [6.45, 7) is 1.61. The first kappa shape index (κ1) is 23.6. The molecule has 1 unspecified atom stereocenters. The zero-order valence-corrected chi connectivity index (χ0v) is 19.3. The number of fused-ring (bicyclic) bond motifs is 1. The van der Waals surface area contributed by atoms with Crippen molar-refractivity contribution in [2.24, 2.45) is 0 Å². The number of benzene rings is 2. The van der Waals surface area contributed by atoms with E-state index in [2.05, 4.69) is 0 Å². The Bertz CT molecular complexity index is 1140. The third kappa shape index (κ3) is 4.71. The van der Waals surface area contributed by atoms with Crippen LogP contribution >= 0.6 is 0 Å². The van der Waals surface area contributed by atoms with Gasteiger partial charge in [-0.25, -0.2) is 9.18 Å². The number of ether oxygens (including phenoxy) is 1. The summed E-state index contributed by atoms with van der Waals surface area (Å²) in [6.07, 6.45) is 3.57. The molecule has 2 aromatic carbocycles. The number of carbonyl (C=O) groups is 4. The van der Waals surface area contributed by atoms with E-state index in [0.29, 0.717) is 5.56 Å². The third-order valence-electron chi connectivity index (χ3n) is 6.41. The first-order valence-electron chi connectivity index (χ1n) is 11.5. The molecular formula is C26H27FN2O5. The summed E-state index contributed by atoms with van der Waals surface area (Å²) in [5.41, 5.74) is 1.18. The number of nitrogens with zero attached hydrogens (tertiary/aromatic N) is 2. The summed E-state index contributed by atoms with van der Waals surface area (Å²) in [6, 6.07) is 10.1. The van der Waals surface area contributed by atoms with Crippen molar-refractivity contribution in [2.45, 2.75) is 57.7 Å². The molecule has 7 nitrogen and oxygen atoms in total. The molecule has 1 atom stereocenters. The molecule has 0 saturated heterocycles. The van der Waals surface area contributed by atoms with Crippen molar-refractivity contribution >= 4 is 23.7 Å². The maximum Gasteiger partial charge on any atom is 0.338 e. The number of likely N-dealkylation sites (N-methyl/N-ethyl adjacent to an activating group) is 1. The van der Waals surface area contributed by atoms with Gasteiger partial charge < -0.3 is 9.64 Å². The topological polar surface area (TPSA) is 84.0 Å². The lowest BCUT2D eigenvalue weighted by molar-refractivity contribution is -0.139. The van der Waals surface area contributed by atoms with E-state index in [0.717, 1.165) is 32.1 Å². The van der Waals surface area contributed by atoms with Gasteiger partial charge in [0.2, 0.25) is 0 Å². The van der Waals surface area contributed by atoms with E-state index in [1.807, 2.05) is 0 Å². The summed E-state index contributed by atoms with van der Waals surface area (Å²) in [4.78, 5) is 53.8. The molecule has 0 N–H and O–H groups in total. The average Bonchev–Trinajstić information content (AvgIpc) is 3.08. The van der Waals surface area contributed by atoms with Gasteiger partial charge in [-0.15, -0.1) is 0 Å². The van der Waals surface area contributed by atoms with Crippen LogP contribution < -0.4 is 0 Å². The fourth-order valence-corrected chi connectivity index (χ4v) is 4.63. The second-order valence-electron chi connectivity index (χ2n) is 8.90. The fourth-order valence-electron chi connectivity index (χ4n) is 4.63. The largest absolute Gasteiger partial charge is 0.449 e. The molecule has 3 amide bonds. The van der Waals surface area contributed by atoms with Gasteiger partial charge in [0.15, 0.2) is 6.10 Å². The highest BCUT2D eigenvalue weighted by Gasteiger charge is 2.40. The lowest BCUT2D eigenvalue weighted by atomic mass is 9.94. The number of imide groups is 1. The Morgan fingerprint density at radius 3 is 2.47 bits per heavy atom. The Morgan fingerprint density at radius 2 is 1.76 bits per heavy atom. The molecule has 0 radical (unpaired) electrons. The maximum atomic E-state index is 13.4. The summed E-state index contributed by atoms with van der Waals surface area (Å²) in [7, 11) is 1.54. The van der Waals surface area contributed by atoms with E-state index >= 15 is 0 Å². The highest BCUT2D eigenvalue weighted by Crippen LogP contribution is 2.31. The van der Waals surface area contributed by atoms with Gasteiger partial charge in [-0.3, -0.25) is 19.3 Å². The van der Waals surface area contributed by atoms with Crippen LogP contribution in [0.3, 0.4) is 0 Å². The Kier molecular flexibility index (Phi) is 6.77. The fraction of sp³-hybridized carbons (Fsp3) is 0.385. The van der Waals surface area contributed by atoms with Gasteiger partial charge in [0.1, 0.15) is 5.82 Å². The molecular weight excluding hydrogens is 439 g/mol. The van der Waals surface area contributed by atoms with Gasteiger partial charge in [0.25, 0.3) is 17.7 Å². The monoisotopic (exact) mass is 466 g/mol. The van der Waals surface area contributed by atoms with Crippen molar-refractivity contribution in [1.82, 2.24) is 9.80 Å². The van der Waals surface area contributed by atoms with Crippen LogP contribution in [0.15, 0.2) is 42.5 Å². The van der Waals surface area contributed by atoms with E-state index in [-0.39, 0.29) is 41.1 Å². The van der Waals surface area contributed by atoms with Crippen molar-refractivity contribution in [3.05, 3.63) is 70.5 Å². The molecule has 1 heterocycles. The van der Waals surface area contributed by atoms with E-state index in [9.17, 15) is 23.6 Å². The Labute approximate surface area is 197 Å². The van der Waals surface area contributed by atoms with Crippen LogP contribution in [-0.4, -0.2) is 52.7 Å². The van der Waals surface area contributed by atoms with Crippen LogP contribution in [0, 0.1) is 5.82 Å². The zero-order valence-electron chi connectivity index (χ0n) is 19.3. The summed E-state index contributed by atoms with van der Waals surface area (Å²) < 4.78 is 18.7. The van der Waals surface area contributed by atoms with Gasteiger partial charge in [0.05, 0.1) is 16.7 Å². The van der Waals surface area contributed by atoms with E-state index in [4.69, 9.17) is 4.74 Å². The minimum atomic E-state index is -1.09. The number of halogens is 1. The molecule has 1 aliphatic heterocycles. The predicted molar refractivity (Wildman–Crippen MR) is 122 cm³/mol. The second-order valence-corrected chi connectivity index (χ2v) is 8.90. The predicted octanol–water partition coefficient (Wildman–Crippen LogP) is 3.96. The first-order valence-corrected chi connectivity index (χ1v) is 11.5. The number of esters is 1. The Morgan fingerprint density at radius 1 is 1.06 bits per heavy atom. The van der Waals surface area contributed by atoms with Crippen LogP contribution in [0.2, 0.25) is 0 Å². The van der Waals surface area contributed by atoms with Gasteiger partial charge in [0, 0.05) is 19.6 Å². The lowest BCUT2D eigenvalue weighted by Gasteiger charge is -2.29. The van der Waals surface area contributed by atoms with E-state index < -0.39 is 23.8 Å². The van der Waals surface area contributed by atoms with Gasteiger partial charge in [-0.1, -0.05) is 31.4 Å². The number of amides is 3. The van der Waals surface area contributed by atoms with Crippen LogP contribution in [0.1, 0.15) is 75.7 Å². The Hall–Kier alpha value is -3.55. The molecule has 1 fully saturated rings. The average molecular weight is 467 g/mol. The highest BCUT2D eigenvalue weighted by molar-refractivity contribution is 6.22. The molecule has 8 heteroatoms. The van der Waals surface area contributed by atoms with Gasteiger partial charge >= 0.3 is 5.97 Å². The normalized spacial score (nSPS) is 16.9. The van der Waals surface area contributed by atoms with Crippen LogP contribution in [0.5, 0.6) is 0 Å². The van der Waals surface area contributed by atoms with E-state index in [1.165, 1.54) is 54.1 Å². The molecule has 1 aliphatic carbocycles. The molecule has 1 saturated carbocycles. The SMILES string of the molecule is CC(OC(=O)c1ccc2c(c1)C(=O)N(C1CCCCC1)C2=O)C(=O)N(C)Cc1cccc(F)c1. The highest BCUT2D eigenvalue weighted by atomic mass is 19.1. The van der Waals surface area contributed by atoms with Crippen molar-refractivity contribution in [3.8, 4) is 0 Å². The van der Waals surface area contributed by atoms with Gasteiger partial charge in [-0.05, 0) is 55.7 Å². The lowest BCUT2D eigenvalue weighted by Crippen LogP contribution is -2.40. The quantitative estimate of drug-likeness (QED) is 0.475. The molecule has 0 aromatic heterocycles.